The Morgan fingerprint density at radius 1 is 1.16 bits per heavy atom. The first-order chi connectivity index (χ1) is 9.08. The summed E-state index contributed by atoms with van der Waals surface area (Å²) >= 11 is 0. The van der Waals surface area contributed by atoms with Crippen LogP contribution in [0.25, 0.3) is 0 Å². The quantitative estimate of drug-likeness (QED) is 0.503. The molecule has 0 aliphatic heterocycles. The van der Waals surface area contributed by atoms with Gasteiger partial charge in [0.2, 0.25) is 0 Å². The number of nitrogens with two attached hydrogens (primary N) is 1. The Labute approximate surface area is 112 Å². The fraction of sp³-hybridized carbons (Fsp3) is 0.462. The molecule has 0 heterocycles. The zero-order valence-corrected chi connectivity index (χ0v) is 10.7. The van der Waals surface area contributed by atoms with Crippen LogP contribution in [0.1, 0.15) is 5.56 Å². The lowest BCUT2D eigenvalue weighted by molar-refractivity contribution is -0.138. The number of rotatable bonds is 8. The number of aliphatic carboxylic acids is 1. The van der Waals surface area contributed by atoms with Crippen LogP contribution in [-0.4, -0.2) is 53.6 Å². The number of benzene rings is 1. The van der Waals surface area contributed by atoms with Crippen LogP contribution in [-0.2, 0) is 11.2 Å². The minimum Gasteiger partial charge on any atom is -0.480 e. The van der Waals surface area contributed by atoms with Gasteiger partial charge >= 0.3 is 5.97 Å². The van der Waals surface area contributed by atoms with Gasteiger partial charge in [-0.15, -0.1) is 0 Å². The van der Waals surface area contributed by atoms with Gasteiger partial charge < -0.3 is 26.0 Å². The van der Waals surface area contributed by atoms with Crippen molar-refractivity contribution in [3.8, 4) is 0 Å². The molecule has 6 heteroatoms. The lowest BCUT2D eigenvalue weighted by Crippen LogP contribution is -2.32. The van der Waals surface area contributed by atoms with Crippen LogP contribution in [0.3, 0.4) is 0 Å². The monoisotopic (exact) mass is 268 g/mol. The molecule has 6 nitrogen and oxygen atoms in total. The standard InChI is InChI=1S/C13H20N2O4/c14-12(13(18)19)9-10-1-3-11(4-2-10)15(5-7-16)6-8-17/h1-4,12,16-17H,5-9,14H2,(H,18,19). The molecule has 0 amide bonds. The molecule has 1 aromatic carbocycles. The van der Waals surface area contributed by atoms with E-state index in [0.29, 0.717) is 13.1 Å². The van der Waals surface area contributed by atoms with Gasteiger partial charge in [0.25, 0.3) is 0 Å². The predicted molar refractivity (Wildman–Crippen MR) is 72.1 cm³/mol. The van der Waals surface area contributed by atoms with Crippen LogP contribution in [0, 0.1) is 0 Å². The van der Waals surface area contributed by atoms with Crippen LogP contribution in [0.5, 0.6) is 0 Å². The van der Waals surface area contributed by atoms with E-state index < -0.39 is 12.0 Å². The van der Waals surface area contributed by atoms with Gasteiger partial charge in [-0.3, -0.25) is 4.79 Å². The van der Waals surface area contributed by atoms with Crippen molar-refractivity contribution in [3.63, 3.8) is 0 Å². The number of carboxylic acids is 1. The number of hydrogen-bond donors (Lipinski definition) is 4. The van der Waals surface area contributed by atoms with Crippen molar-refractivity contribution in [1.29, 1.82) is 0 Å². The Bertz CT molecular complexity index is 388. The van der Waals surface area contributed by atoms with Crippen LogP contribution < -0.4 is 10.6 Å². The maximum atomic E-state index is 10.7. The highest BCUT2D eigenvalue weighted by Gasteiger charge is 2.12. The van der Waals surface area contributed by atoms with Gasteiger partial charge in [0.1, 0.15) is 6.04 Å². The molecule has 0 saturated carbocycles. The van der Waals surface area contributed by atoms with Crippen LogP contribution in [0.15, 0.2) is 24.3 Å². The molecule has 0 spiro atoms. The van der Waals surface area contributed by atoms with Crippen molar-refractivity contribution in [1.82, 2.24) is 0 Å². The average Bonchev–Trinajstić information content (AvgIpc) is 2.39. The van der Waals surface area contributed by atoms with Crippen molar-refractivity contribution in [2.24, 2.45) is 5.73 Å². The van der Waals surface area contributed by atoms with E-state index in [1.807, 2.05) is 17.0 Å². The molecule has 1 atom stereocenters. The Morgan fingerprint density at radius 2 is 1.68 bits per heavy atom. The van der Waals surface area contributed by atoms with Crippen molar-refractivity contribution in [2.45, 2.75) is 12.5 Å². The number of carbonyl (C=O) groups is 1. The van der Waals surface area contributed by atoms with Crippen LogP contribution in [0.4, 0.5) is 5.69 Å². The number of aliphatic hydroxyl groups excluding tert-OH is 2. The van der Waals surface area contributed by atoms with E-state index in [1.54, 1.807) is 12.1 Å². The van der Waals surface area contributed by atoms with E-state index in [0.717, 1.165) is 11.3 Å². The topological polar surface area (TPSA) is 107 Å². The third-order valence-electron chi connectivity index (χ3n) is 2.81. The van der Waals surface area contributed by atoms with Gasteiger partial charge in [0.15, 0.2) is 0 Å². The molecule has 0 bridgehead atoms. The Morgan fingerprint density at radius 3 is 2.11 bits per heavy atom. The smallest absolute Gasteiger partial charge is 0.320 e. The van der Waals surface area contributed by atoms with Crippen molar-refractivity contribution < 1.29 is 20.1 Å². The Kier molecular flexibility index (Phi) is 6.27. The lowest BCUT2D eigenvalue weighted by atomic mass is 10.1. The first-order valence-corrected chi connectivity index (χ1v) is 6.12. The lowest BCUT2D eigenvalue weighted by Gasteiger charge is -2.23. The van der Waals surface area contributed by atoms with Gasteiger partial charge in [0, 0.05) is 18.8 Å². The second-order valence-electron chi connectivity index (χ2n) is 4.25. The van der Waals surface area contributed by atoms with Gasteiger partial charge in [-0.1, -0.05) is 12.1 Å². The normalized spacial score (nSPS) is 12.2. The Balaban J connectivity index is 2.71. The van der Waals surface area contributed by atoms with Crippen LogP contribution in [0.2, 0.25) is 0 Å². The molecule has 106 valence electrons. The summed E-state index contributed by atoms with van der Waals surface area (Å²) in [4.78, 5) is 12.5. The number of carboxylic acid groups (broad SMARTS) is 1. The average molecular weight is 268 g/mol. The summed E-state index contributed by atoms with van der Waals surface area (Å²) in [5.74, 6) is -1.02. The summed E-state index contributed by atoms with van der Waals surface area (Å²) in [5.41, 5.74) is 7.18. The van der Waals surface area contributed by atoms with E-state index in [1.165, 1.54) is 0 Å². The molecule has 0 aliphatic carbocycles. The number of anilines is 1. The zero-order chi connectivity index (χ0) is 14.3. The van der Waals surface area contributed by atoms with E-state index >= 15 is 0 Å². The molecule has 5 N–H and O–H groups in total. The zero-order valence-electron chi connectivity index (χ0n) is 10.7. The molecular formula is C13H20N2O4. The van der Waals surface area contributed by atoms with E-state index in [2.05, 4.69) is 0 Å². The van der Waals surface area contributed by atoms with Gasteiger partial charge in [-0.05, 0) is 24.1 Å². The minimum atomic E-state index is -1.02. The van der Waals surface area contributed by atoms with E-state index in [-0.39, 0.29) is 19.6 Å². The maximum Gasteiger partial charge on any atom is 0.320 e. The van der Waals surface area contributed by atoms with Gasteiger partial charge in [-0.25, -0.2) is 0 Å². The highest BCUT2D eigenvalue weighted by Crippen LogP contribution is 2.15. The molecule has 19 heavy (non-hydrogen) atoms. The van der Waals surface area contributed by atoms with E-state index in [9.17, 15) is 4.79 Å². The first-order valence-electron chi connectivity index (χ1n) is 6.12. The predicted octanol–water partition coefficient (Wildman–Crippen LogP) is -0.568. The summed E-state index contributed by atoms with van der Waals surface area (Å²) in [7, 11) is 0. The summed E-state index contributed by atoms with van der Waals surface area (Å²) < 4.78 is 0. The van der Waals surface area contributed by atoms with Crippen molar-refractivity contribution in [3.05, 3.63) is 29.8 Å². The highest BCUT2D eigenvalue weighted by molar-refractivity contribution is 5.73. The summed E-state index contributed by atoms with van der Waals surface area (Å²) in [6.07, 6.45) is 0.273. The summed E-state index contributed by atoms with van der Waals surface area (Å²) in [5, 5.41) is 26.6. The minimum absolute atomic E-state index is 0.00559. The molecule has 1 unspecified atom stereocenters. The highest BCUT2D eigenvalue weighted by atomic mass is 16.4. The van der Waals surface area contributed by atoms with Crippen molar-refractivity contribution >= 4 is 11.7 Å². The molecule has 0 fully saturated rings. The molecule has 1 rings (SSSR count). The fourth-order valence-electron chi connectivity index (χ4n) is 1.80. The molecule has 0 saturated heterocycles. The molecule has 0 aliphatic rings. The summed E-state index contributed by atoms with van der Waals surface area (Å²) in [6.45, 7) is 0.889. The SMILES string of the molecule is NC(Cc1ccc(N(CCO)CCO)cc1)C(=O)O. The molecule has 0 aromatic heterocycles. The number of nitrogens with zero attached hydrogens (tertiary/aromatic N) is 1. The second kappa shape index (κ2) is 7.73. The third kappa shape index (κ3) is 4.86. The fourth-order valence-corrected chi connectivity index (χ4v) is 1.80. The number of hydrogen-bond acceptors (Lipinski definition) is 5. The second-order valence-corrected chi connectivity index (χ2v) is 4.25. The van der Waals surface area contributed by atoms with Crippen LogP contribution >= 0.6 is 0 Å². The molecule has 0 radical (unpaired) electrons. The van der Waals surface area contributed by atoms with Crippen molar-refractivity contribution in [2.75, 3.05) is 31.2 Å². The number of aliphatic hydroxyl groups is 2. The molecular weight excluding hydrogens is 248 g/mol. The van der Waals surface area contributed by atoms with Gasteiger partial charge in [-0.2, -0.15) is 0 Å². The third-order valence-corrected chi connectivity index (χ3v) is 2.81. The summed E-state index contributed by atoms with van der Waals surface area (Å²) in [6, 6.07) is 6.36. The first kappa shape index (κ1) is 15.4. The Hall–Kier alpha value is -1.63. The largest absolute Gasteiger partial charge is 0.480 e. The van der Waals surface area contributed by atoms with Gasteiger partial charge in [0.05, 0.1) is 13.2 Å². The van der Waals surface area contributed by atoms with E-state index in [4.69, 9.17) is 21.1 Å². The molecule has 1 aromatic rings. The maximum absolute atomic E-state index is 10.7.